The minimum absolute atomic E-state index is 0.371. The van der Waals surface area contributed by atoms with E-state index < -0.39 is 0 Å². The van der Waals surface area contributed by atoms with E-state index in [1.54, 1.807) is 0 Å². The van der Waals surface area contributed by atoms with Crippen molar-refractivity contribution in [3.8, 4) is 0 Å². The van der Waals surface area contributed by atoms with Gasteiger partial charge in [0, 0.05) is 31.1 Å². The molecule has 4 heteroatoms. The minimum atomic E-state index is 0.371. The summed E-state index contributed by atoms with van der Waals surface area (Å²) in [7, 11) is 0. The molecule has 0 bridgehead atoms. The van der Waals surface area contributed by atoms with Crippen LogP contribution in [0.4, 0.5) is 0 Å². The van der Waals surface area contributed by atoms with Gasteiger partial charge in [0.15, 0.2) is 0 Å². The third kappa shape index (κ3) is 3.55. The number of ether oxygens (including phenoxy) is 1. The molecule has 0 N–H and O–H groups in total. The maximum atomic E-state index is 5.63. The maximum Gasteiger partial charge on any atom is 0.0701 e. The molecule has 15 heavy (non-hydrogen) atoms. The quantitative estimate of drug-likeness (QED) is 0.830. The lowest BCUT2D eigenvalue weighted by Gasteiger charge is -2.20. The lowest BCUT2D eigenvalue weighted by molar-refractivity contribution is 0.0669. The summed E-state index contributed by atoms with van der Waals surface area (Å²) >= 11 is 5.32. The molecule has 84 valence electrons. The summed E-state index contributed by atoms with van der Waals surface area (Å²) in [6, 6.07) is 4.32. The Hall–Kier alpha value is 0.1000. The first-order chi connectivity index (χ1) is 7.24. The highest BCUT2D eigenvalue weighted by atomic mass is 79.9. The molecule has 2 heterocycles. The van der Waals surface area contributed by atoms with E-state index in [-0.39, 0.29) is 0 Å². The molecule has 1 fully saturated rings. The summed E-state index contributed by atoms with van der Waals surface area (Å²) in [5, 5.41) is 0. The zero-order valence-corrected chi connectivity index (χ0v) is 11.3. The van der Waals surface area contributed by atoms with E-state index >= 15 is 0 Å². The third-order valence-corrected chi connectivity index (χ3v) is 4.15. The normalized spacial score (nSPS) is 24.0. The molecule has 1 unspecified atom stereocenters. The number of rotatable bonds is 2. The molecular formula is C11H16BrNOS. The summed E-state index contributed by atoms with van der Waals surface area (Å²) in [5.74, 6) is 0. The first-order valence-corrected chi connectivity index (χ1v) is 6.93. The van der Waals surface area contributed by atoms with Gasteiger partial charge in [-0.3, -0.25) is 4.90 Å². The van der Waals surface area contributed by atoms with Crippen LogP contribution in [0, 0.1) is 0 Å². The van der Waals surface area contributed by atoms with Crippen LogP contribution in [0.15, 0.2) is 15.9 Å². The summed E-state index contributed by atoms with van der Waals surface area (Å²) in [6.45, 7) is 6.33. The van der Waals surface area contributed by atoms with Crippen LogP contribution in [0.2, 0.25) is 0 Å². The van der Waals surface area contributed by atoms with Crippen molar-refractivity contribution < 1.29 is 4.74 Å². The molecule has 1 saturated heterocycles. The summed E-state index contributed by atoms with van der Waals surface area (Å²) < 4.78 is 6.85. The molecule has 2 nitrogen and oxygen atoms in total. The standard InChI is InChI=1S/C11H16BrNOS/c1-9-7-13(5-2-6-14-9)8-10-3-4-11(12)15-10/h3-4,9H,2,5-8H2,1H3. The average Bonchev–Trinajstić information content (AvgIpc) is 2.46. The van der Waals surface area contributed by atoms with Crippen LogP contribution in [0.3, 0.4) is 0 Å². The number of hydrogen-bond acceptors (Lipinski definition) is 3. The molecule has 1 aromatic rings. The van der Waals surface area contributed by atoms with E-state index in [1.807, 2.05) is 11.3 Å². The summed E-state index contributed by atoms with van der Waals surface area (Å²) in [4.78, 5) is 3.91. The van der Waals surface area contributed by atoms with Crippen molar-refractivity contribution in [1.82, 2.24) is 4.90 Å². The van der Waals surface area contributed by atoms with Gasteiger partial charge in [-0.15, -0.1) is 11.3 Å². The van der Waals surface area contributed by atoms with Crippen LogP contribution >= 0.6 is 27.3 Å². The van der Waals surface area contributed by atoms with Crippen LogP contribution in [0.1, 0.15) is 18.2 Å². The molecule has 1 atom stereocenters. The van der Waals surface area contributed by atoms with Crippen molar-refractivity contribution in [2.75, 3.05) is 19.7 Å². The molecular weight excluding hydrogens is 274 g/mol. The van der Waals surface area contributed by atoms with Crippen molar-refractivity contribution >= 4 is 27.3 Å². The zero-order valence-electron chi connectivity index (χ0n) is 8.91. The van der Waals surface area contributed by atoms with Gasteiger partial charge < -0.3 is 4.74 Å². The molecule has 0 aliphatic carbocycles. The second-order valence-electron chi connectivity index (χ2n) is 3.98. The molecule has 2 rings (SSSR count). The molecule has 0 spiro atoms. The number of nitrogens with zero attached hydrogens (tertiary/aromatic N) is 1. The minimum Gasteiger partial charge on any atom is -0.377 e. The van der Waals surface area contributed by atoms with Gasteiger partial charge in [0.2, 0.25) is 0 Å². The second-order valence-corrected chi connectivity index (χ2v) is 6.52. The monoisotopic (exact) mass is 289 g/mol. The van der Waals surface area contributed by atoms with Crippen LogP contribution < -0.4 is 0 Å². The van der Waals surface area contributed by atoms with E-state index in [9.17, 15) is 0 Å². The molecule has 0 aromatic carbocycles. The average molecular weight is 290 g/mol. The van der Waals surface area contributed by atoms with Gasteiger partial charge in [-0.1, -0.05) is 0 Å². The Balaban J connectivity index is 1.92. The molecule has 1 aliphatic rings. The first-order valence-electron chi connectivity index (χ1n) is 5.32. The maximum absolute atomic E-state index is 5.63. The lowest BCUT2D eigenvalue weighted by Crippen LogP contribution is -2.29. The number of hydrogen-bond donors (Lipinski definition) is 0. The fourth-order valence-electron chi connectivity index (χ4n) is 1.88. The molecule has 0 radical (unpaired) electrons. The van der Waals surface area contributed by atoms with E-state index in [4.69, 9.17) is 4.74 Å². The highest BCUT2D eigenvalue weighted by Crippen LogP contribution is 2.23. The van der Waals surface area contributed by atoms with E-state index in [0.717, 1.165) is 32.7 Å². The predicted molar refractivity (Wildman–Crippen MR) is 67.3 cm³/mol. The highest BCUT2D eigenvalue weighted by molar-refractivity contribution is 9.11. The van der Waals surface area contributed by atoms with Crippen LogP contribution in [-0.4, -0.2) is 30.7 Å². The van der Waals surface area contributed by atoms with Crippen molar-refractivity contribution in [3.63, 3.8) is 0 Å². The van der Waals surface area contributed by atoms with Crippen molar-refractivity contribution in [1.29, 1.82) is 0 Å². The summed E-state index contributed by atoms with van der Waals surface area (Å²) in [6.07, 6.45) is 1.52. The van der Waals surface area contributed by atoms with Gasteiger partial charge in [0.05, 0.1) is 9.89 Å². The smallest absolute Gasteiger partial charge is 0.0701 e. The van der Waals surface area contributed by atoms with Crippen LogP contribution in [0.5, 0.6) is 0 Å². The topological polar surface area (TPSA) is 12.5 Å². The van der Waals surface area contributed by atoms with Crippen molar-refractivity contribution in [3.05, 3.63) is 20.8 Å². The molecule has 1 aromatic heterocycles. The van der Waals surface area contributed by atoms with E-state index in [2.05, 4.69) is 39.9 Å². The van der Waals surface area contributed by atoms with E-state index in [0.29, 0.717) is 6.10 Å². The Morgan fingerprint density at radius 2 is 2.47 bits per heavy atom. The molecule has 1 aliphatic heterocycles. The zero-order chi connectivity index (χ0) is 10.7. The highest BCUT2D eigenvalue weighted by Gasteiger charge is 2.15. The fourth-order valence-corrected chi connectivity index (χ4v) is 3.41. The number of thiophene rings is 1. The summed E-state index contributed by atoms with van der Waals surface area (Å²) in [5.41, 5.74) is 0. The van der Waals surface area contributed by atoms with Gasteiger partial charge in [0.1, 0.15) is 0 Å². The van der Waals surface area contributed by atoms with E-state index in [1.165, 1.54) is 8.66 Å². The van der Waals surface area contributed by atoms with Gasteiger partial charge in [-0.05, 0) is 41.4 Å². The second kappa shape index (κ2) is 5.43. The van der Waals surface area contributed by atoms with Gasteiger partial charge in [-0.2, -0.15) is 0 Å². The SMILES string of the molecule is CC1CN(Cc2ccc(Br)s2)CCCO1. The lowest BCUT2D eigenvalue weighted by atomic mass is 10.3. The number of halogens is 1. The van der Waals surface area contributed by atoms with Gasteiger partial charge in [0.25, 0.3) is 0 Å². The Labute approximate surface area is 103 Å². The Kier molecular flexibility index (Phi) is 4.20. The molecule has 0 amide bonds. The fraction of sp³-hybridized carbons (Fsp3) is 0.636. The van der Waals surface area contributed by atoms with Gasteiger partial charge in [-0.25, -0.2) is 0 Å². The largest absolute Gasteiger partial charge is 0.377 e. The van der Waals surface area contributed by atoms with Crippen LogP contribution in [0.25, 0.3) is 0 Å². The third-order valence-electron chi connectivity index (χ3n) is 2.54. The first kappa shape index (κ1) is 11.6. The Morgan fingerprint density at radius 3 is 3.20 bits per heavy atom. The Morgan fingerprint density at radius 1 is 1.60 bits per heavy atom. The van der Waals surface area contributed by atoms with Crippen LogP contribution in [-0.2, 0) is 11.3 Å². The van der Waals surface area contributed by atoms with Gasteiger partial charge >= 0.3 is 0 Å². The molecule has 0 saturated carbocycles. The van der Waals surface area contributed by atoms with Crippen molar-refractivity contribution in [2.24, 2.45) is 0 Å². The van der Waals surface area contributed by atoms with Crippen molar-refractivity contribution in [2.45, 2.75) is 26.0 Å². The Bertz CT molecular complexity index is 315. The predicted octanol–water partition coefficient (Wildman–Crippen LogP) is 3.12.